The average Bonchev–Trinajstić information content (AvgIpc) is 3.38. The number of fused-ring (bicyclic) bond motifs is 1. The third-order valence-corrected chi connectivity index (χ3v) is 5.50. The Balaban J connectivity index is 1.51. The van der Waals surface area contributed by atoms with Crippen molar-refractivity contribution in [3.05, 3.63) is 48.3 Å². The van der Waals surface area contributed by atoms with Gasteiger partial charge in [0.15, 0.2) is 5.65 Å². The molecule has 0 bridgehead atoms. The lowest BCUT2D eigenvalue weighted by Gasteiger charge is -2.28. The van der Waals surface area contributed by atoms with Crippen molar-refractivity contribution in [1.82, 2.24) is 19.5 Å². The molecule has 0 spiro atoms. The number of ether oxygens (including phenoxy) is 2. The number of nitrogens with zero attached hydrogens (tertiary/aromatic N) is 4. The zero-order valence-electron chi connectivity index (χ0n) is 19.2. The van der Waals surface area contributed by atoms with Gasteiger partial charge in [0.2, 0.25) is 0 Å². The van der Waals surface area contributed by atoms with Gasteiger partial charge in [-0.05, 0) is 50.8 Å². The van der Waals surface area contributed by atoms with Crippen LogP contribution in [0.3, 0.4) is 0 Å². The zero-order chi connectivity index (χ0) is 22.7. The van der Waals surface area contributed by atoms with Crippen LogP contribution in [0.4, 0.5) is 10.6 Å². The van der Waals surface area contributed by atoms with Gasteiger partial charge in [0.25, 0.3) is 0 Å². The van der Waals surface area contributed by atoms with Crippen molar-refractivity contribution in [2.24, 2.45) is 0 Å². The standard InChI is InChI=1S/C24H31N5O3/c1-24(2,3)32-23(30)28-12-7-9-18(28)14-25-21-11-13-29-22(27-21)20(15-26-29)19-10-6-5-8-17(19)16-31-4/h5-6,8,10-11,13,15,18H,7,9,12,14,16H2,1-4H3,(H,25,27). The molecule has 0 saturated carbocycles. The van der Waals surface area contributed by atoms with Gasteiger partial charge < -0.3 is 19.7 Å². The van der Waals surface area contributed by atoms with Crippen molar-refractivity contribution in [1.29, 1.82) is 0 Å². The Labute approximate surface area is 188 Å². The van der Waals surface area contributed by atoms with E-state index in [0.717, 1.165) is 47.5 Å². The maximum atomic E-state index is 12.5. The minimum atomic E-state index is -0.498. The van der Waals surface area contributed by atoms with Gasteiger partial charge >= 0.3 is 6.09 Å². The fourth-order valence-corrected chi connectivity index (χ4v) is 4.05. The number of nitrogens with one attached hydrogen (secondary N) is 1. The maximum absolute atomic E-state index is 12.5. The van der Waals surface area contributed by atoms with Crippen LogP contribution in [0.2, 0.25) is 0 Å². The lowest BCUT2D eigenvalue weighted by Crippen LogP contribution is -2.42. The van der Waals surface area contributed by atoms with Crippen LogP contribution < -0.4 is 5.32 Å². The third kappa shape index (κ3) is 4.85. The molecule has 170 valence electrons. The number of carbonyl (C=O) groups is 1. The molecule has 1 N–H and O–H groups in total. The predicted molar refractivity (Wildman–Crippen MR) is 124 cm³/mol. The van der Waals surface area contributed by atoms with Crippen LogP contribution in [0.15, 0.2) is 42.7 Å². The summed E-state index contributed by atoms with van der Waals surface area (Å²) in [6.45, 7) is 7.53. The van der Waals surface area contributed by atoms with Crippen LogP contribution in [0.5, 0.6) is 0 Å². The van der Waals surface area contributed by atoms with E-state index in [0.29, 0.717) is 13.2 Å². The first-order chi connectivity index (χ1) is 15.4. The van der Waals surface area contributed by atoms with Gasteiger partial charge in [-0.1, -0.05) is 24.3 Å². The number of methoxy groups -OCH3 is 1. The number of likely N-dealkylation sites (tertiary alicyclic amines) is 1. The summed E-state index contributed by atoms with van der Waals surface area (Å²) in [7, 11) is 1.69. The molecule has 3 aromatic rings. The molecular weight excluding hydrogens is 406 g/mol. The molecule has 2 aromatic heterocycles. The van der Waals surface area contributed by atoms with Crippen LogP contribution in [0.25, 0.3) is 16.8 Å². The van der Waals surface area contributed by atoms with Gasteiger partial charge in [-0.3, -0.25) is 0 Å². The van der Waals surface area contributed by atoms with Gasteiger partial charge in [0.05, 0.1) is 18.8 Å². The van der Waals surface area contributed by atoms with Crippen LogP contribution in [-0.2, 0) is 16.1 Å². The molecule has 8 nitrogen and oxygen atoms in total. The molecule has 8 heteroatoms. The number of carbonyl (C=O) groups excluding carboxylic acids is 1. The number of amides is 1. The van der Waals surface area contributed by atoms with Gasteiger partial charge in [-0.2, -0.15) is 5.10 Å². The summed E-state index contributed by atoms with van der Waals surface area (Å²) < 4.78 is 12.7. The van der Waals surface area contributed by atoms with Crippen molar-refractivity contribution >= 4 is 17.6 Å². The Morgan fingerprint density at radius 3 is 2.81 bits per heavy atom. The molecule has 1 amide bonds. The smallest absolute Gasteiger partial charge is 0.410 e. The molecule has 1 aliphatic rings. The second-order valence-electron chi connectivity index (χ2n) is 9.08. The summed E-state index contributed by atoms with van der Waals surface area (Å²) in [6, 6.07) is 10.1. The van der Waals surface area contributed by atoms with Crippen molar-refractivity contribution in [3.8, 4) is 11.1 Å². The van der Waals surface area contributed by atoms with E-state index in [9.17, 15) is 4.79 Å². The molecule has 0 radical (unpaired) electrons. The molecule has 1 fully saturated rings. The summed E-state index contributed by atoms with van der Waals surface area (Å²) in [4.78, 5) is 19.2. The number of hydrogen-bond acceptors (Lipinski definition) is 6. The topological polar surface area (TPSA) is 81.0 Å². The zero-order valence-corrected chi connectivity index (χ0v) is 19.2. The monoisotopic (exact) mass is 437 g/mol. The van der Waals surface area contributed by atoms with Crippen molar-refractivity contribution in [2.75, 3.05) is 25.5 Å². The fraction of sp³-hybridized carbons (Fsp3) is 0.458. The number of rotatable bonds is 6. The average molecular weight is 438 g/mol. The van der Waals surface area contributed by atoms with E-state index in [2.05, 4.69) is 22.5 Å². The third-order valence-electron chi connectivity index (χ3n) is 5.50. The summed E-state index contributed by atoms with van der Waals surface area (Å²) >= 11 is 0. The second kappa shape index (κ2) is 9.16. The quantitative estimate of drug-likeness (QED) is 0.617. The Morgan fingerprint density at radius 1 is 1.22 bits per heavy atom. The van der Waals surface area contributed by atoms with E-state index >= 15 is 0 Å². The first-order valence-electron chi connectivity index (χ1n) is 11.0. The maximum Gasteiger partial charge on any atom is 0.410 e. The summed E-state index contributed by atoms with van der Waals surface area (Å²) in [5.41, 5.74) is 3.37. The van der Waals surface area contributed by atoms with Gasteiger partial charge in [0, 0.05) is 32.0 Å². The first kappa shape index (κ1) is 22.1. The van der Waals surface area contributed by atoms with Crippen molar-refractivity contribution in [2.45, 2.75) is 51.9 Å². The molecule has 3 heterocycles. The highest BCUT2D eigenvalue weighted by molar-refractivity contribution is 5.79. The lowest BCUT2D eigenvalue weighted by atomic mass is 10.0. The molecule has 1 saturated heterocycles. The highest BCUT2D eigenvalue weighted by atomic mass is 16.6. The van der Waals surface area contributed by atoms with E-state index in [1.165, 1.54) is 0 Å². The molecule has 1 aliphatic heterocycles. The fourth-order valence-electron chi connectivity index (χ4n) is 4.05. The Kier molecular flexibility index (Phi) is 6.32. The minimum absolute atomic E-state index is 0.0784. The minimum Gasteiger partial charge on any atom is -0.444 e. The number of benzene rings is 1. The van der Waals surface area contributed by atoms with E-state index < -0.39 is 5.60 Å². The summed E-state index contributed by atoms with van der Waals surface area (Å²) in [5, 5.41) is 7.87. The highest BCUT2D eigenvalue weighted by Gasteiger charge is 2.32. The van der Waals surface area contributed by atoms with Gasteiger partial charge in [0.1, 0.15) is 11.4 Å². The van der Waals surface area contributed by atoms with Crippen molar-refractivity contribution < 1.29 is 14.3 Å². The van der Waals surface area contributed by atoms with Crippen LogP contribution in [0, 0.1) is 0 Å². The summed E-state index contributed by atoms with van der Waals surface area (Å²) in [6.07, 6.45) is 5.39. The molecule has 1 aromatic carbocycles. The molecule has 1 atom stereocenters. The van der Waals surface area contributed by atoms with E-state index in [1.807, 2.05) is 56.3 Å². The number of anilines is 1. The molecule has 0 aliphatic carbocycles. The lowest BCUT2D eigenvalue weighted by molar-refractivity contribution is 0.0235. The Bertz CT molecular complexity index is 1090. The Hall–Kier alpha value is -3.13. The van der Waals surface area contributed by atoms with Crippen molar-refractivity contribution in [3.63, 3.8) is 0 Å². The van der Waals surface area contributed by atoms with E-state index in [4.69, 9.17) is 14.5 Å². The van der Waals surface area contributed by atoms with Gasteiger partial charge in [-0.15, -0.1) is 0 Å². The Morgan fingerprint density at radius 2 is 2.03 bits per heavy atom. The highest BCUT2D eigenvalue weighted by Crippen LogP contribution is 2.28. The SMILES string of the molecule is COCc1ccccc1-c1cnn2ccc(NCC3CCCN3C(=O)OC(C)(C)C)nc12. The van der Waals surface area contributed by atoms with Crippen LogP contribution in [0.1, 0.15) is 39.2 Å². The molecule has 4 rings (SSSR count). The van der Waals surface area contributed by atoms with Crippen LogP contribution >= 0.6 is 0 Å². The number of aromatic nitrogens is 3. The van der Waals surface area contributed by atoms with Crippen LogP contribution in [-0.4, -0.2) is 57.4 Å². The molecule has 32 heavy (non-hydrogen) atoms. The number of hydrogen-bond donors (Lipinski definition) is 1. The van der Waals surface area contributed by atoms with Gasteiger partial charge in [-0.25, -0.2) is 14.3 Å². The molecule has 1 unspecified atom stereocenters. The van der Waals surface area contributed by atoms with E-state index in [1.54, 1.807) is 11.6 Å². The summed E-state index contributed by atoms with van der Waals surface area (Å²) in [5.74, 6) is 0.750. The predicted octanol–water partition coefficient (Wildman–Crippen LogP) is 4.35. The van der Waals surface area contributed by atoms with E-state index in [-0.39, 0.29) is 12.1 Å². The molecular formula is C24H31N5O3. The largest absolute Gasteiger partial charge is 0.444 e. The first-order valence-corrected chi connectivity index (χ1v) is 11.0. The second-order valence-corrected chi connectivity index (χ2v) is 9.08. The normalized spacial score (nSPS) is 16.5.